The Morgan fingerprint density at radius 2 is 1.54 bits per heavy atom. The van der Waals surface area contributed by atoms with Gasteiger partial charge in [0.1, 0.15) is 25.2 Å². The van der Waals surface area contributed by atoms with Crippen molar-refractivity contribution in [2.24, 2.45) is 5.73 Å². The number of amides is 2. The molecular weight excluding hydrogens is 509 g/mol. The summed E-state index contributed by atoms with van der Waals surface area (Å²) in [6, 6.07) is 25.2. The standard InChI is InChI=1S/C30H36N5O3P/c1-39(2,38)34-27(26(22-10-5-3-6-11-22)23-12-7-4-8-13-23)30(37)35-19-9-14-25(35)29(36)33-20-21-15-17-24(18-16-21)28(31)32/h3-8,10-13,15-18,25-27H,9,14,19-20H2,1-2H3,(H3,31,32)(H,33,36)(H,34,38)/t25-,27+/m0/s1. The highest BCUT2D eigenvalue weighted by molar-refractivity contribution is 7.60. The Morgan fingerprint density at radius 3 is 2.05 bits per heavy atom. The number of nitrogens with one attached hydrogen (secondary N) is 3. The van der Waals surface area contributed by atoms with E-state index in [0.29, 0.717) is 31.5 Å². The Labute approximate surface area is 229 Å². The van der Waals surface area contributed by atoms with Crippen LogP contribution in [0.25, 0.3) is 0 Å². The van der Waals surface area contributed by atoms with E-state index in [1.54, 1.807) is 30.4 Å². The summed E-state index contributed by atoms with van der Waals surface area (Å²) in [7, 11) is -2.84. The second kappa shape index (κ2) is 12.4. The van der Waals surface area contributed by atoms with Gasteiger partial charge in [-0.05, 0) is 29.5 Å². The van der Waals surface area contributed by atoms with Gasteiger partial charge in [0, 0.05) is 37.9 Å². The van der Waals surface area contributed by atoms with Gasteiger partial charge in [0.2, 0.25) is 11.8 Å². The van der Waals surface area contributed by atoms with Crippen LogP contribution in [0, 0.1) is 5.41 Å². The van der Waals surface area contributed by atoms with Crippen molar-refractivity contribution in [2.75, 3.05) is 19.9 Å². The zero-order valence-electron chi connectivity index (χ0n) is 22.3. The minimum absolute atomic E-state index is 0.0122. The lowest BCUT2D eigenvalue weighted by Crippen LogP contribution is -2.53. The van der Waals surface area contributed by atoms with Gasteiger partial charge < -0.3 is 20.5 Å². The molecule has 1 heterocycles. The molecule has 0 bridgehead atoms. The quantitative estimate of drug-likeness (QED) is 0.175. The van der Waals surface area contributed by atoms with Crippen molar-refractivity contribution in [3.05, 3.63) is 107 Å². The van der Waals surface area contributed by atoms with Crippen molar-refractivity contribution in [1.29, 1.82) is 5.41 Å². The topological polar surface area (TPSA) is 128 Å². The molecule has 3 aromatic carbocycles. The number of nitrogens with two attached hydrogens (primary N) is 1. The zero-order chi connectivity index (χ0) is 28.0. The minimum Gasteiger partial charge on any atom is -0.384 e. The Kier molecular flexibility index (Phi) is 9.00. The lowest BCUT2D eigenvalue weighted by atomic mass is 9.84. The molecule has 2 atom stereocenters. The van der Waals surface area contributed by atoms with Crippen LogP contribution >= 0.6 is 7.29 Å². The van der Waals surface area contributed by atoms with Crippen molar-refractivity contribution in [3.63, 3.8) is 0 Å². The zero-order valence-corrected chi connectivity index (χ0v) is 23.2. The maximum absolute atomic E-state index is 14.2. The fourth-order valence-corrected chi connectivity index (χ4v) is 6.03. The average molecular weight is 546 g/mol. The van der Waals surface area contributed by atoms with E-state index in [1.807, 2.05) is 72.8 Å². The van der Waals surface area contributed by atoms with E-state index in [1.165, 1.54) is 0 Å². The number of nitrogens with zero attached hydrogens (tertiary/aromatic N) is 1. The van der Waals surface area contributed by atoms with E-state index >= 15 is 0 Å². The van der Waals surface area contributed by atoms with Crippen molar-refractivity contribution in [2.45, 2.75) is 37.4 Å². The number of hydrogen-bond donors (Lipinski definition) is 4. The Morgan fingerprint density at radius 1 is 0.974 bits per heavy atom. The summed E-state index contributed by atoms with van der Waals surface area (Å²) < 4.78 is 13.1. The van der Waals surface area contributed by atoms with Crippen molar-refractivity contribution >= 4 is 24.9 Å². The van der Waals surface area contributed by atoms with Gasteiger partial charge in [-0.3, -0.25) is 20.1 Å². The van der Waals surface area contributed by atoms with Crippen LogP contribution in [0.2, 0.25) is 0 Å². The van der Waals surface area contributed by atoms with Crippen LogP contribution in [0.15, 0.2) is 84.9 Å². The van der Waals surface area contributed by atoms with Gasteiger partial charge in [-0.2, -0.15) is 0 Å². The molecule has 5 N–H and O–H groups in total. The predicted molar refractivity (Wildman–Crippen MR) is 155 cm³/mol. The maximum Gasteiger partial charge on any atom is 0.243 e. The molecule has 1 aliphatic heterocycles. The van der Waals surface area contributed by atoms with E-state index < -0.39 is 25.3 Å². The van der Waals surface area contributed by atoms with E-state index in [2.05, 4.69) is 10.4 Å². The van der Waals surface area contributed by atoms with Gasteiger partial charge >= 0.3 is 0 Å². The number of amidine groups is 1. The van der Waals surface area contributed by atoms with Crippen molar-refractivity contribution in [3.8, 4) is 0 Å². The first-order valence-corrected chi connectivity index (χ1v) is 15.7. The Balaban J connectivity index is 1.58. The molecule has 9 heteroatoms. The molecule has 0 aromatic heterocycles. The average Bonchev–Trinajstić information content (AvgIpc) is 3.42. The van der Waals surface area contributed by atoms with Gasteiger partial charge in [0.15, 0.2) is 0 Å². The van der Waals surface area contributed by atoms with Crippen LogP contribution in [0.1, 0.15) is 41.0 Å². The number of hydrogen-bond acceptors (Lipinski definition) is 4. The molecule has 1 fully saturated rings. The first kappa shape index (κ1) is 28.3. The molecule has 0 saturated carbocycles. The number of carbonyl (C=O) groups excluding carboxylic acids is 2. The van der Waals surface area contributed by atoms with Crippen LogP contribution in [0.4, 0.5) is 0 Å². The first-order valence-electron chi connectivity index (χ1n) is 13.1. The first-order chi connectivity index (χ1) is 18.6. The smallest absolute Gasteiger partial charge is 0.243 e. The monoisotopic (exact) mass is 545 g/mol. The highest BCUT2D eigenvalue weighted by atomic mass is 31.2. The van der Waals surface area contributed by atoms with Crippen LogP contribution < -0.4 is 16.1 Å². The molecule has 0 spiro atoms. The molecule has 1 saturated heterocycles. The molecule has 1 aliphatic rings. The number of likely N-dealkylation sites (tertiary alicyclic amines) is 1. The third-order valence-corrected chi connectivity index (χ3v) is 7.84. The molecule has 39 heavy (non-hydrogen) atoms. The Hall–Kier alpha value is -3.74. The predicted octanol–water partition coefficient (Wildman–Crippen LogP) is 3.91. The largest absolute Gasteiger partial charge is 0.384 e. The third-order valence-electron chi connectivity index (χ3n) is 6.94. The van der Waals surface area contributed by atoms with Crippen LogP contribution in [-0.4, -0.2) is 54.5 Å². The lowest BCUT2D eigenvalue weighted by molar-refractivity contribution is -0.140. The van der Waals surface area contributed by atoms with E-state index in [4.69, 9.17) is 11.1 Å². The molecule has 4 rings (SSSR count). The SMILES string of the molecule is CP(C)(=O)N[C@@H](C(=O)N1CCC[C@H]1C(=O)NCc1ccc(C(=N)N)cc1)C(c1ccccc1)c1ccccc1. The fourth-order valence-electron chi connectivity index (χ4n) is 5.10. The molecule has 0 unspecified atom stereocenters. The van der Waals surface area contributed by atoms with E-state index in [9.17, 15) is 14.2 Å². The van der Waals surface area contributed by atoms with Gasteiger partial charge in [-0.1, -0.05) is 84.9 Å². The molecule has 0 aliphatic carbocycles. The molecule has 0 radical (unpaired) electrons. The number of nitrogen functional groups attached to an aromatic ring is 1. The highest BCUT2D eigenvalue weighted by Crippen LogP contribution is 2.38. The minimum atomic E-state index is -2.84. The molecule has 2 amide bonds. The summed E-state index contributed by atoms with van der Waals surface area (Å²) in [6.07, 6.45) is 1.27. The van der Waals surface area contributed by atoms with Crippen molar-refractivity contribution in [1.82, 2.24) is 15.3 Å². The second-order valence-electron chi connectivity index (χ2n) is 10.3. The molecule has 3 aromatic rings. The van der Waals surface area contributed by atoms with Crippen LogP contribution in [0.5, 0.6) is 0 Å². The number of benzene rings is 3. The van der Waals surface area contributed by atoms with E-state index in [-0.39, 0.29) is 17.6 Å². The summed E-state index contributed by atoms with van der Waals surface area (Å²) in [5.74, 6) is -0.860. The molecule has 8 nitrogen and oxygen atoms in total. The molecular formula is C30H36N5O3P. The van der Waals surface area contributed by atoms with Crippen LogP contribution in [0.3, 0.4) is 0 Å². The summed E-state index contributed by atoms with van der Waals surface area (Å²) >= 11 is 0. The van der Waals surface area contributed by atoms with E-state index in [0.717, 1.165) is 16.7 Å². The van der Waals surface area contributed by atoms with Gasteiger partial charge in [-0.15, -0.1) is 0 Å². The third kappa shape index (κ3) is 7.22. The summed E-state index contributed by atoms with van der Waals surface area (Å²) in [5.41, 5.74) is 8.87. The lowest BCUT2D eigenvalue weighted by Gasteiger charge is -2.34. The second-order valence-corrected chi connectivity index (χ2v) is 13.2. The summed E-state index contributed by atoms with van der Waals surface area (Å²) in [4.78, 5) is 29.2. The van der Waals surface area contributed by atoms with Gasteiger partial charge in [-0.25, -0.2) is 0 Å². The molecule has 204 valence electrons. The number of rotatable bonds is 10. The van der Waals surface area contributed by atoms with Gasteiger partial charge in [0.05, 0.1) is 0 Å². The fraction of sp³-hybridized carbons (Fsp3) is 0.300. The van der Waals surface area contributed by atoms with Crippen LogP contribution in [-0.2, 0) is 20.7 Å². The number of carbonyl (C=O) groups is 2. The maximum atomic E-state index is 14.2. The summed E-state index contributed by atoms with van der Waals surface area (Å²) in [5, 5.41) is 13.7. The summed E-state index contributed by atoms with van der Waals surface area (Å²) in [6.45, 7) is 3.99. The normalized spacial score (nSPS) is 16.2. The van der Waals surface area contributed by atoms with Crippen molar-refractivity contribution < 1.29 is 14.2 Å². The highest BCUT2D eigenvalue weighted by Gasteiger charge is 2.41. The van der Waals surface area contributed by atoms with Gasteiger partial charge in [0.25, 0.3) is 0 Å². The Bertz CT molecular complexity index is 1300.